The molecule has 2 rings (SSSR count). The Morgan fingerprint density at radius 2 is 2.00 bits per heavy atom. The standard InChI is InChI=1S/C13H14N2S/c1-2-6-11-9-14-13(16)15(10-11)12-7-4-3-5-8-12/h3-5,7-10H,2,6H2,1H3. The first kappa shape index (κ1) is 11.0. The molecule has 0 spiro atoms. The van der Waals surface area contributed by atoms with E-state index < -0.39 is 0 Å². The van der Waals surface area contributed by atoms with Gasteiger partial charge < -0.3 is 0 Å². The maximum absolute atomic E-state index is 5.23. The highest BCUT2D eigenvalue weighted by molar-refractivity contribution is 7.71. The molecule has 0 fully saturated rings. The highest BCUT2D eigenvalue weighted by Gasteiger charge is 1.99. The second kappa shape index (κ2) is 5.03. The first-order valence-corrected chi connectivity index (χ1v) is 5.85. The lowest BCUT2D eigenvalue weighted by Crippen LogP contribution is -2.01. The van der Waals surface area contributed by atoms with Crippen molar-refractivity contribution in [3.63, 3.8) is 0 Å². The maximum atomic E-state index is 5.23. The van der Waals surface area contributed by atoms with Crippen molar-refractivity contribution in [2.24, 2.45) is 0 Å². The van der Waals surface area contributed by atoms with Gasteiger partial charge >= 0.3 is 0 Å². The van der Waals surface area contributed by atoms with Crippen molar-refractivity contribution in [1.82, 2.24) is 9.55 Å². The number of aromatic nitrogens is 2. The minimum absolute atomic E-state index is 0.603. The van der Waals surface area contributed by atoms with Crippen LogP contribution in [0, 0.1) is 4.77 Å². The zero-order valence-electron chi connectivity index (χ0n) is 9.26. The van der Waals surface area contributed by atoms with Gasteiger partial charge in [-0.25, -0.2) is 4.98 Å². The average Bonchev–Trinajstić information content (AvgIpc) is 2.33. The molecule has 82 valence electrons. The summed E-state index contributed by atoms with van der Waals surface area (Å²) in [5.41, 5.74) is 2.29. The van der Waals surface area contributed by atoms with Gasteiger partial charge in [-0.1, -0.05) is 31.5 Å². The Hall–Kier alpha value is -1.48. The summed E-state index contributed by atoms with van der Waals surface area (Å²) in [6, 6.07) is 10.1. The predicted molar refractivity (Wildman–Crippen MR) is 68.4 cm³/mol. The SMILES string of the molecule is CCCc1cnc(=S)n(-c2ccccc2)c1. The van der Waals surface area contributed by atoms with Gasteiger partial charge in [0.15, 0.2) is 0 Å². The summed E-state index contributed by atoms with van der Waals surface area (Å²) in [6.07, 6.45) is 6.10. The molecular weight excluding hydrogens is 216 g/mol. The molecule has 0 saturated heterocycles. The van der Waals surface area contributed by atoms with Crippen molar-refractivity contribution in [1.29, 1.82) is 0 Å². The predicted octanol–water partition coefficient (Wildman–Crippen LogP) is 3.55. The van der Waals surface area contributed by atoms with E-state index in [1.54, 1.807) is 0 Å². The number of rotatable bonds is 3. The molecule has 2 aromatic rings. The topological polar surface area (TPSA) is 17.8 Å². The highest BCUT2D eigenvalue weighted by Crippen LogP contribution is 2.09. The van der Waals surface area contributed by atoms with Gasteiger partial charge in [0.25, 0.3) is 0 Å². The van der Waals surface area contributed by atoms with E-state index in [0.29, 0.717) is 4.77 Å². The highest BCUT2D eigenvalue weighted by atomic mass is 32.1. The summed E-state index contributed by atoms with van der Waals surface area (Å²) in [6.45, 7) is 2.16. The van der Waals surface area contributed by atoms with Crippen LogP contribution in [0.5, 0.6) is 0 Å². The fraction of sp³-hybridized carbons (Fsp3) is 0.231. The lowest BCUT2D eigenvalue weighted by Gasteiger charge is -2.08. The summed E-state index contributed by atoms with van der Waals surface area (Å²) >= 11 is 5.23. The molecule has 0 aliphatic heterocycles. The first-order chi connectivity index (χ1) is 7.81. The third-order valence-corrected chi connectivity index (χ3v) is 2.72. The number of hydrogen-bond acceptors (Lipinski definition) is 2. The average molecular weight is 230 g/mol. The molecule has 0 amide bonds. The van der Waals surface area contributed by atoms with Crippen LogP contribution in [0.15, 0.2) is 42.7 Å². The molecule has 0 N–H and O–H groups in total. The van der Waals surface area contributed by atoms with E-state index >= 15 is 0 Å². The molecule has 2 nitrogen and oxygen atoms in total. The second-order valence-corrected chi connectivity index (χ2v) is 4.07. The van der Waals surface area contributed by atoms with Crippen LogP contribution in [0.25, 0.3) is 5.69 Å². The third kappa shape index (κ3) is 2.36. The van der Waals surface area contributed by atoms with Crippen molar-refractivity contribution in [2.75, 3.05) is 0 Å². The van der Waals surface area contributed by atoms with Gasteiger partial charge in [0.1, 0.15) is 0 Å². The molecule has 3 heteroatoms. The summed E-state index contributed by atoms with van der Waals surface area (Å²) in [5, 5.41) is 0. The van der Waals surface area contributed by atoms with Gasteiger partial charge in [0, 0.05) is 18.1 Å². The van der Waals surface area contributed by atoms with E-state index in [0.717, 1.165) is 18.5 Å². The van der Waals surface area contributed by atoms with Gasteiger partial charge in [0.05, 0.1) is 0 Å². The summed E-state index contributed by atoms with van der Waals surface area (Å²) < 4.78 is 2.56. The molecule has 0 aliphatic carbocycles. The van der Waals surface area contributed by atoms with Gasteiger partial charge in [0.2, 0.25) is 4.77 Å². The minimum Gasteiger partial charge on any atom is -0.292 e. The van der Waals surface area contributed by atoms with Crippen LogP contribution >= 0.6 is 12.2 Å². The Labute approximate surface area is 101 Å². The van der Waals surface area contributed by atoms with Crippen molar-refractivity contribution >= 4 is 12.2 Å². The smallest absolute Gasteiger partial charge is 0.204 e. The Morgan fingerprint density at radius 1 is 1.25 bits per heavy atom. The van der Waals surface area contributed by atoms with Gasteiger partial charge in [-0.05, 0) is 36.3 Å². The van der Waals surface area contributed by atoms with Gasteiger partial charge in [-0.3, -0.25) is 4.57 Å². The third-order valence-electron chi connectivity index (χ3n) is 2.41. The molecule has 16 heavy (non-hydrogen) atoms. The molecule has 0 aliphatic rings. The molecule has 0 saturated carbocycles. The molecule has 1 aromatic heterocycles. The monoisotopic (exact) mass is 230 g/mol. The molecule has 0 atom stereocenters. The van der Waals surface area contributed by atoms with Gasteiger partial charge in [-0.2, -0.15) is 0 Å². The molecule has 0 unspecified atom stereocenters. The van der Waals surface area contributed by atoms with Crippen LogP contribution in [-0.4, -0.2) is 9.55 Å². The molecule has 0 bridgehead atoms. The minimum atomic E-state index is 0.603. The van der Waals surface area contributed by atoms with E-state index in [-0.39, 0.29) is 0 Å². The lowest BCUT2D eigenvalue weighted by molar-refractivity contribution is 0.862. The van der Waals surface area contributed by atoms with E-state index in [1.807, 2.05) is 41.1 Å². The molecule has 0 radical (unpaired) electrons. The van der Waals surface area contributed by atoms with Gasteiger partial charge in [-0.15, -0.1) is 0 Å². The van der Waals surface area contributed by atoms with E-state index in [1.165, 1.54) is 5.56 Å². The summed E-state index contributed by atoms with van der Waals surface area (Å²) in [5.74, 6) is 0. The fourth-order valence-electron chi connectivity index (χ4n) is 1.65. The molecule has 1 aromatic carbocycles. The largest absolute Gasteiger partial charge is 0.292 e. The van der Waals surface area contributed by atoms with Crippen LogP contribution in [0.4, 0.5) is 0 Å². The van der Waals surface area contributed by atoms with Crippen molar-refractivity contribution in [3.8, 4) is 5.69 Å². The number of nitrogens with zero attached hydrogens (tertiary/aromatic N) is 2. The Balaban J connectivity index is 2.48. The van der Waals surface area contributed by atoms with Crippen LogP contribution in [-0.2, 0) is 6.42 Å². The van der Waals surface area contributed by atoms with Crippen LogP contribution in [0.2, 0.25) is 0 Å². The van der Waals surface area contributed by atoms with Crippen LogP contribution in [0.3, 0.4) is 0 Å². The Morgan fingerprint density at radius 3 is 2.69 bits per heavy atom. The van der Waals surface area contributed by atoms with Crippen LogP contribution < -0.4 is 0 Å². The number of aryl methyl sites for hydroxylation is 1. The van der Waals surface area contributed by atoms with Crippen molar-refractivity contribution in [3.05, 3.63) is 53.1 Å². The van der Waals surface area contributed by atoms with E-state index in [4.69, 9.17) is 12.2 Å². The maximum Gasteiger partial charge on any atom is 0.204 e. The Bertz CT molecular complexity index is 517. The van der Waals surface area contributed by atoms with E-state index in [2.05, 4.69) is 18.1 Å². The van der Waals surface area contributed by atoms with Crippen LogP contribution in [0.1, 0.15) is 18.9 Å². The summed E-state index contributed by atoms with van der Waals surface area (Å²) in [7, 11) is 0. The van der Waals surface area contributed by atoms with Crippen molar-refractivity contribution < 1.29 is 0 Å². The quantitative estimate of drug-likeness (QED) is 0.750. The summed E-state index contributed by atoms with van der Waals surface area (Å²) in [4.78, 5) is 4.25. The van der Waals surface area contributed by atoms with E-state index in [9.17, 15) is 0 Å². The zero-order valence-corrected chi connectivity index (χ0v) is 10.1. The fourth-order valence-corrected chi connectivity index (χ4v) is 1.86. The second-order valence-electron chi connectivity index (χ2n) is 3.70. The lowest BCUT2D eigenvalue weighted by atomic mass is 10.2. The first-order valence-electron chi connectivity index (χ1n) is 5.44. The normalized spacial score (nSPS) is 10.3. The number of hydrogen-bond donors (Lipinski definition) is 0. The molecule has 1 heterocycles. The Kier molecular flexibility index (Phi) is 3.47. The zero-order chi connectivity index (χ0) is 11.4. The molecular formula is C13H14N2S. The van der Waals surface area contributed by atoms with Crippen molar-refractivity contribution in [2.45, 2.75) is 19.8 Å². The number of benzene rings is 1. The number of para-hydroxylation sites is 1.